The molecule has 4 heteroatoms. The summed E-state index contributed by atoms with van der Waals surface area (Å²) in [5.41, 5.74) is 6.17. The van der Waals surface area contributed by atoms with Crippen molar-refractivity contribution >= 4 is 0 Å². The van der Waals surface area contributed by atoms with E-state index in [0.717, 1.165) is 33.9 Å². The second-order valence-electron chi connectivity index (χ2n) is 6.54. The van der Waals surface area contributed by atoms with Crippen LogP contribution in [0.4, 0.5) is 0 Å². The van der Waals surface area contributed by atoms with E-state index in [1.165, 1.54) is 0 Å². The van der Waals surface area contributed by atoms with E-state index in [1.54, 1.807) is 0 Å². The summed E-state index contributed by atoms with van der Waals surface area (Å²) < 4.78 is 3.79. The molecule has 0 aliphatic carbocycles. The van der Waals surface area contributed by atoms with E-state index >= 15 is 0 Å². The number of para-hydroxylation sites is 2. The summed E-state index contributed by atoms with van der Waals surface area (Å²) in [6.07, 6.45) is 3.97. The lowest BCUT2D eigenvalue weighted by Crippen LogP contribution is -1.94. The summed E-state index contributed by atoms with van der Waals surface area (Å²) in [6.45, 7) is 0. The molecule has 0 spiro atoms. The molecule has 0 atom stereocenters. The Morgan fingerprint density at radius 1 is 0.429 bits per heavy atom. The van der Waals surface area contributed by atoms with Gasteiger partial charge in [-0.3, -0.25) is 0 Å². The summed E-state index contributed by atoms with van der Waals surface area (Å²) in [5, 5.41) is 9.39. The van der Waals surface area contributed by atoms with Crippen LogP contribution in [-0.4, -0.2) is 19.6 Å². The van der Waals surface area contributed by atoms with Crippen molar-refractivity contribution in [2.75, 3.05) is 0 Å². The Kier molecular flexibility index (Phi) is 4.07. The molecule has 0 saturated carbocycles. The van der Waals surface area contributed by atoms with Crippen molar-refractivity contribution in [3.63, 3.8) is 0 Å². The lowest BCUT2D eigenvalue weighted by atomic mass is 10.1. The lowest BCUT2D eigenvalue weighted by molar-refractivity contribution is 0.883. The molecular weight excluding hydrogens is 344 g/mol. The van der Waals surface area contributed by atoms with Crippen molar-refractivity contribution in [3.8, 4) is 33.9 Å². The highest BCUT2D eigenvalue weighted by atomic mass is 15.3. The lowest BCUT2D eigenvalue weighted by Gasteiger charge is -2.02. The monoisotopic (exact) mass is 362 g/mol. The van der Waals surface area contributed by atoms with Crippen LogP contribution in [0, 0.1) is 0 Å². The highest BCUT2D eigenvalue weighted by Crippen LogP contribution is 2.24. The van der Waals surface area contributed by atoms with Gasteiger partial charge in [-0.1, -0.05) is 60.7 Å². The summed E-state index contributed by atoms with van der Waals surface area (Å²) in [4.78, 5) is 0. The van der Waals surface area contributed by atoms with Crippen LogP contribution < -0.4 is 0 Å². The molecule has 134 valence electrons. The van der Waals surface area contributed by atoms with Crippen molar-refractivity contribution in [1.82, 2.24) is 19.6 Å². The first-order valence-electron chi connectivity index (χ1n) is 9.20. The second-order valence-corrected chi connectivity index (χ2v) is 6.54. The Morgan fingerprint density at radius 3 is 1.21 bits per heavy atom. The van der Waals surface area contributed by atoms with Crippen molar-refractivity contribution < 1.29 is 0 Å². The summed E-state index contributed by atoms with van der Waals surface area (Å²) in [7, 11) is 0. The van der Waals surface area contributed by atoms with Crippen LogP contribution >= 0.6 is 0 Å². The largest absolute Gasteiger partial charge is 0.240 e. The molecule has 0 aliphatic rings. The highest BCUT2D eigenvalue weighted by molar-refractivity contribution is 5.66. The standard InChI is InChI=1S/C24H18N4/c1-3-7-21(8-4-1)27-17-15-23(25-27)19-11-13-20(14-12-19)24-16-18-28(26-24)22-9-5-2-6-10-22/h1-18H. The van der Waals surface area contributed by atoms with Crippen LogP contribution in [0.1, 0.15) is 0 Å². The normalized spacial score (nSPS) is 10.9. The minimum Gasteiger partial charge on any atom is -0.240 e. The molecule has 0 bridgehead atoms. The van der Waals surface area contributed by atoms with E-state index in [-0.39, 0.29) is 0 Å². The van der Waals surface area contributed by atoms with Crippen molar-refractivity contribution in [1.29, 1.82) is 0 Å². The fraction of sp³-hybridized carbons (Fsp3) is 0. The summed E-state index contributed by atoms with van der Waals surface area (Å²) >= 11 is 0. The van der Waals surface area contributed by atoms with Crippen LogP contribution in [0.5, 0.6) is 0 Å². The maximum absolute atomic E-state index is 4.69. The topological polar surface area (TPSA) is 35.6 Å². The smallest absolute Gasteiger partial charge is 0.0927 e. The highest BCUT2D eigenvalue weighted by Gasteiger charge is 2.07. The zero-order valence-corrected chi connectivity index (χ0v) is 15.2. The van der Waals surface area contributed by atoms with Gasteiger partial charge in [0.25, 0.3) is 0 Å². The molecule has 0 aliphatic heterocycles. The molecule has 2 heterocycles. The van der Waals surface area contributed by atoms with Gasteiger partial charge in [-0.25, -0.2) is 9.36 Å². The fourth-order valence-electron chi connectivity index (χ4n) is 3.22. The number of rotatable bonds is 4. The molecule has 4 nitrogen and oxygen atoms in total. The van der Waals surface area contributed by atoms with E-state index < -0.39 is 0 Å². The predicted octanol–water partition coefficient (Wildman–Crippen LogP) is 5.39. The van der Waals surface area contributed by atoms with E-state index in [9.17, 15) is 0 Å². The van der Waals surface area contributed by atoms with Gasteiger partial charge in [0.05, 0.1) is 22.8 Å². The number of aromatic nitrogens is 4. The van der Waals surface area contributed by atoms with Crippen molar-refractivity contribution in [3.05, 3.63) is 109 Å². The quantitative estimate of drug-likeness (QED) is 0.429. The molecule has 0 N–H and O–H groups in total. The Hall–Kier alpha value is -3.92. The minimum absolute atomic E-state index is 0.949. The molecule has 5 aromatic rings. The maximum Gasteiger partial charge on any atom is 0.0927 e. The van der Waals surface area contributed by atoms with E-state index in [4.69, 9.17) is 10.2 Å². The van der Waals surface area contributed by atoms with E-state index in [0.29, 0.717) is 0 Å². The van der Waals surface area contributed by atoms with Gasteiger partial charge in [0, 0.05) is 23.5 Å². The molecule has 2 aromatic heterocycles. The summed E-state index contributed by atoms with van der Waals surface area (Å²) in [5.74, 6) is 0. The third-order valence-electron chi connectivity index (χ3n) is 4.70. The maximum atomic E-state index is 4.69. The zero-order chi connectivity index (χ0) is 18.8. The van der Waals surface area contributed by atoms with Gasteiger partial charge in [0.15, 0.2) is 0 Å². The van der Waals surface area contributed by atoms with Gasteiger partial charge in [-0.15, -0.1) is 0 Å². The first-order valence-corrected chi connectivity index (χ1v) is 9.20. The molecule has 3 aromatic carbocycles. The Bertz CT molecular complexity index is 1090. The minimum atomic E-state index is 0.949. The summed E-state index contributed by atoms with van der Waals surface area (Å²) in [6, 6.07) is 32.7. The van der Waals surface area contributed by atoms with Gasteiger partial charge in [0.1, 0.15) is 0 Å². The number of hydrogen-bond donors (Lipinski definition) is 0. The first-order chi connectivity index (χ1) is 13.9. The Labute approximate surface area is 163 Å². The van der Waals surface area contributed by atoms with Crippen LogP contribution in [-0.2, 0) is 0 Å². The van der Waals surface area contributed by atoms with Crippen LogP contribution in [0.2, 0.25) is 0 Å². The zero-order valence-electron chi connectivity index (χ0n) is 15.2. The molecule has 28 heavy (non-hydrogen) atoms. The van der Waals surface area contributed by atoms with Gasteiger partial charge in [-0.2, -0.15) is 10.2 Å². The van der Waals surface area contributed by atoms with E-state index in [2.05, 4.69) is 24.3 Å². The van der Waals surface area contributed by atoms with Crippen LogP contribution in [0.15, 0.2) is 109 Å². The average Bonchev–Trinajstić information content (AvgIpc) is 3.46. The van der Waals surface area contributed by atoms with Crippen LogP contribution in [0.25, 0.3) is 33.9 Å². The molecule has 0 radical (unpaired) electrons. The Morgan fingerprint density at radius 2 is 0.821 bits per heavy atom. The van der Waals surface area contributed by atoms with Gasteiger partial charge in [0.2, 0.25) is 0 Å². The SMILES string of the molecule is c1ccc(-n2ccc(-c3ccc(-c4ccn(-c5ccccc5)n4)cc3)n2)cc1. The molecule has 0 unspecified atom stereocenters. The van der Waals surface area contributed by atoms with Crippen molar-refractivity contribution in [2.45, 2.75) is 0 Å². The number of hydrogen-bond acceptors (Lipinski definition) is 2. The molecule has 0 amide bonds. The first kappa shape index (κ1) is 16.3. The molecule has 0 saturated heterocycles. The molecule has 0 fully saturated rings. The molecular formula is C24H18N4. The van der Waals surface area contributed by atoms with Gasteiger partial charge >= 0.3 is 0 Å². The number of benzene rings is 3. The average molecular weight is 362 g/mol. The van der Waals surface area contributed by atoms with Crippen molar-refractivity contribution in [2.24, 2.45) is 0 Å². The fourth-order valence-corrected chi connectivity index (χ4v) is 3.22. The van der Waals surface area contributed by atoms with E-state index in [1.807, 2.05) is 94.6 Å². The third-order valence-corrected chi connectivity index (χ3v) is 4.70. The van der Waals surface area contributed by atoms with Gasteiger partial charge < -0.3 is 0 Å². The molecule has 5 rings (SSSR count). The van der Waals surface area contributed by atoms with Crippen LogP contribution in [0.3, 0.4) is 0 Å². The predicted molar refractivity (Wildman–Crippen MR) is 112 cm³/mol. The Balaban J connectivity index is 1.40. The van der Waals surface area contributed by atoms with Gasteiger partial charge in [-0.05, 0) is 36.4 Å². The second kappa shape index (κ2) is 7.00. The third kappa shape index (κ3) is 3.12. The number of nitrogens with zero attached hydrogens (tertiary/aromatic N) is 4.